The number of carbonyl (C=O) groups excluding carboxylic acids is 2. The van der Waals surface area contributed by atoms with Crippen LogP contribution < -0.4 is 29.4 Å². The van der Waals surface area contributed by atoms with Gasteiger partial charge in [-0.1, -0.05) is 24.3 Å². The molecule has 4 aliphatic heterocycles. The van der Waals surface area contributed by atoms with Crippen LogP contribution in [0.25, 0.3) is 11.1 Å². The number of hydrogen-bond acceptors (Lipinski definition) is 10. The number of nitrogens with zero attached hydrogens (tertiary/aromatic N) is 4. The fourth-order valence-corrected chi connectivity index (χ4v) is 7.39. The van der Waals surface area contributed by atoms with Crippen molar-refractivity contribution < 1.29 is 33.3 Å². The van der Waals surface area contributed by atoms with E-state index in [1.807, 2.05) is 73.4 Å². The summed E-state index contributed by atoms with van der Waals surface area (Å²) in [6.07, 6.45) is 11.2. The molecule has 0 bridgehead atoms. The Balaban J connectivity index is 0.849. The van der Waals surface area contributed by atoms with E-state index in [1.165, 1.54) is 0 Å². The van der Waals surface area contributed by atoms with Crippen molar-refractivity contribution >= 4 is 52.5 Å². The molecule has 8 rings (SSSR count). The Bertz CT molecular complexity index is 2280. The third-order valence-corrected chi connectivity index (χ3v) is 10.5. The number of fused-ring (bicyclic) bond motifs is 4. The number of carbonyl (C=O) groups is 2. The van der Waals surface area contributed by atoms with Gasteiger partial charge in [0, 0.05) is 55.5 Å². The van der Waals surface area contributed by atoms with E-state index in [4.69, 9.17) is 39.4 Å². The lowest BCUT2D eigenvalue weighted by Gasteiger charge is -2.19. The fourth-order valence-electron chi connectivity index (χ4n) is 7.39. The van der Waals surface area contributed by atoms with Crippen molar-refractivity contribution in [1.29, 1.82) is 0 Å². The molecule has 0 unspecified atom stereocenters. The highest BCUT2D eigenvalue weighted by Crippen LogP contribution is 2.42. The average Bonchev–Trinajstić information content (AvgIpc) is 3.80. The van der Waals surface area contributed by atoms with Crippen LogP contribution in [-0.2, 0) is 0 Å². The maximum atomic E-state index is 13.7. The Kier molecular flexibility index (Phi) is 10.2. The molecule has 2 N–H and O–H groups in total. The molecule has 286 valence electrons. The normalized spacial score (nSPS) is 17.9. The Morgan fingerprint density at radius 1 is 0.607 bits per heavy atom. The van der Waals surface area contributed by atoms with Crippen LogP contribution in [0, 0.1) is 0 Å². The summed E-state index contributed by atoms with van der Waals surface area (Å²) in [7, 11) is 4.76. The maximum absolute atomic E-state index is 13.7. The Morgan fingerprint density at radius 3 is 1.52 bits per heavy atom. The van der Waals surface area contributed by atoms with E-state index in [2.05, 4.69) is 0 Å². The van der Waals surface area contributed by atoms with Gasteiger partial charge in [0.15, 0.2) is 23.0 Å². The summed E-state index contributed by atoms with van der Waals surface area (Å²) < 4.78 is 28.9. The van der Waals surface area contributed by atoms with Gasteiger partial charge >= 0.3 is 0 Å². The molecular formula is C44H43N5O7. The van der Waals surface area contributed by atoms with Crippen LogP contribution >= 0.6 is 0 Å². The molecule has 4 aliphatic rings. The molecule has 4 aromatic rings. The molecule has 12 nitrogen and oxygen atoms in total. The van der Waals surface area contributed by atoms with Crippen LogP contribution in [-0.4, -0.2) is 80.7 Å². The SMILES string of the molecule is COc1ccc(C2=CN3C(=O)c4cc(OC)c(OCCCCCOc5cc6c(cc5OC)C(=O)N5C=C(c7ccc(N)cc7)C[C@H]5C=N6)cc4N=C[C@@H]3C2)cc1. The summed E-state index contributed by atoms with van der Waals surface area (Å²) in [5.74, 6) is 2.52. The monoisotopic (exact) mass is 753 g/mol. The van der Waals surface area contributed by atoms with E-state index in [9.17, 15) is 9.59 Å². The highest BCUT2D eigenvalue weighted by molar-refractivity contribution is 6.06. The highest BCUT2D eigenvalue weighted by atomic mass is 16.5. The Labute approximate surface area is 325 Å². The zero-order valence-electron chi connectivity index (χ0n) is 31.6. The second-order valence-electron chi connectivity index (χ2n) is 14.0. The van der Waals surface area contributed by atoms with E-state index in [1.54, 1.807) is 55.4 Å². The smallest absolute Gasteiger partial charge is 0.260 e. The number of aliphatic imine (C=N–C) groups is 2. The second kappa shape index (κ2) is 15.7. The molecule has 0 saturated carbocycles. The molecule has 12 heteroatoms. The lowest BCUT2D eigenvalue weighted by molar-refractivity contribution is 0.0809. The van der Waals surface area contributed by atoms with Crippen molar-refractivity contribution in [3.05, 3.63) is 107 Å². The van der Waals surface area contributed by atoms with Gasteiger partial charge in [-0.2, -0.15) is 0 Å². The number of nitrogens with two attached hydrogens (primary N) is 1. The van der Waals surface area contributed by atoms with Gasteiger partial charge in [-0.15, -0.1) is 0 Å². The first kappa shape index (κ1) is 36.4. The second-order valence-corrected chi connectivity index (χ2v) is 14.0. The lowest BCUT2D eigenvalue weighted by atomic mass is 10.0. The summed E-state index contributed by atoms with van der Waals surface area (Å²) >= 11 is 0. The number of methoxy groups -OCH3 is 3. The van der Waals surface area contributed by atoms with E-state index in [0.717, 1.165) is 47.3 Å². The van der Waals surface area contributed by atoms with Crippen LogP contribution in [0.2, 0.25) is 0 Å². The number of anilines is 1. The summed E-state index contributed by atoms with van der Waals surface area (Å²) in [5, 5.41) is 0. The third-order valence-electron chi connectivity index (χ3n) is 10.5. The summed E-state index contributed by atoms with van der Waals surface area (Å²) in [6, 6.07) is 22.1. The molecule has 0 aliphatic carbocycles. The number of rotatable bonds is 13. The van der Waals surface area contributed by atoms with E-state index in [-0.39, 0.29) is 23.9 Å². The largest absolute Gasteiger partial charge is 0.497 e. The Hall–Kier alpha value is -6.56. The van der Waals surface area contributed by atoms with Crippen LogP contribution in [0.5, 0.6) is 28.7 Å². The minimum absolute atomic E-state index is 0.137. The molecule has 56 heavy (non-hydrogen) atoms. The summed E-state index contributed by atoms with van der Waals surface area (Å²) in [4.78, 5) is 40.3. The highest BCUT2D eigenvalue weighted by Gasteiger charge is 2.35. The van der Waals surface area contributed by atoms with Gasteiger partial charge in [0.25, 0.3) is 11.8 Å². The molecule has 2 atom stereocenters. The lowest BCUT2D eigenvalue weighted by Crippen LogP contribution is -2.32. The zero-order valence-corrected chi connectivity index (χ0v) is 31.6. The molecule has 2 amide bonds. The van der Waals surface area contributed by atoms with Crippen LogP contribution in [0.15, 0.2) is 95.2 Å². The number of amides is 2. The van der Waals surface area contributed by atoms with Crippen molar-refractivity contribution in [2.24, 2.45) is 9.98 Å². The van der Waals surface area contributed by atoms with Gasteiger partial charge in [0.2, 0.25) is 0 Å². The third kappa shape index (κ3) is 7.17. The molecule has 4 aromatic carbocycles. The first-order valence-corrected chi connectivity index (χ1v) is 18.7. The average molecular weight is 754 g/mol. The molecule has 0 spiro atoms. The number of hydrogen-bond donors (Lipinski definition) is 1. The van der Waals surface area contributed by atoms with Crippen molar-refractivity contribution in [2.45, 2.75) is 44.2 Å². The zero-order chi connectivity index (χ0) is 38.8. The van der Waals surface area contributed by atoms with E-state index >= 15 is 0 Å². The van der Waals surface area contributed by atoms with Gasteiger partial charge in [-0.3, -0.25) is 19.6 Å². The van der Waals surface area contributed by atoms with Crippen molar-refractivity contribution in [1.82, 2.24) is 9.80 Å². The standard InChI is InChI=1S/C44H43N5O7/c1-52-34-13-9-28(10-14-34)30-18-33-24-47-38-22-42(40(54-3)20-36(38)44(51)49(33)26-30)56-16-6-4-5-15-55-41-21-37-35(19-39(41)53-2)43(50)48-25-29(17-32(48)23-46-37)27-7-11-31(45)12-8-27/h7-14,19-26,32-33H,4-6,15-18,45H2,1-3H3/t32-,33-/m0/s1. The predicted molar refractivity (Wildman–Crippen MR) is 216 cm³/mol. The van der Waals surface area contributed by atoms with Crippen LogP contribution in [0.3, 0.4) is 0 Å². The molecule has 0 aromatic heterocycles. The van der Waals surface area contributed by atoms with Gasteiger partial charge < -0.3 is 39.2 Å². The molecule has 0 fully saturated rings. The van der Waals surface area contributed by atoms with Crippen LogP contribution in [0.4, 0.5) is 17.1 Å². The van der Waals surface area contributed by atoms with Crippen molar-refractivity contribution in [3.63, 3.8) is 0 Å². The maximum Gasteiger partial charge on any atom is 0.260 e. The number of nitrogen functional groups attached to an aromatic ring is 1. The topological polar surface area (TPSA) is 138 Å². The van der Waals surface area contributed by atoms with Crippen molar-refractivity contribution in [2.75, 3.05) is 40.3 Å². The number of ether oxygens (including phenoxy) is 5. The van der Waals surface area contributed by atoms with Gasteiger partial charge in [-0.25, -0.2) is 0 Å². The quantitative estimate of drug-likeness (QED) is 0.108. The number of benzene rings is 4. The molecule has 0 radical (unpaired) electrons. The summed E-state index contributed by atoms with van der Waals surface area (Å²) in [6.45, 7) is 0.890. The van der Waals surface area contributed by atoms with Gasteiger partial charge in [-0.05, 0) is 77.9 Å². The minimum Gasteiger partial charge on any atom is -0.497 e. The van der Waals surface area contributed by atoms with Crippen LogP contribution in [0.1, 0.15) is 63.9 Å². The first-order chi connectivity index (χ1) is 27.3. The predicted octanol–water partition coefficient (Wildman–Crippen LogP) is 7.87. The Morgan fingerprint density at radius 2 is 1.07 bits per heavy atom. The molecule has 4 heterocycles. The van der Waals surface area contributed by atoms with E-state index in [0.29, 0.717) is 77.2 Å². The molecular weight excluding hydrogens is 711 g/mol. The van der Waals surface area contributed by atoms with Gasteiger partial charge in [0.1, 0.15) is 5.75 Å². The first-order valence-electron chi connectivity index (χ1n) is 18.7. The minimum atomic E-state index is -0.185. The number of unbranched alkanes of at least 4 members (excludes halogenated alkanes) is 2. The van der Waals surface area contributed by atoms with E-state index < -0.39 is 0 Å². The summed E-state index contributed by atoms with van der Waals surface area (Å²) in [5.41, 5.74) is 12.8. The van der Waals surface area contributed by atoms with Gasteiger partial charge in [0.05, 0.1) is 69.1 Å². The fraction of sp³-hybridized carbons (Fsp3) is 0.273. The van der Waals surface area contributed by atoms with Crippen molar-refractivity contribution in [3.8, 4) is 28.7 Å². The molecule has 0 saturated heterocycles.